The molecule has 0 radical (unpaired) electrons. The minimum atomic E-state index is -1.02. The third-order valence-corrected chi connectivity index (χ3v) is 2.43. The van der Waals surface area contributed by atoms with Crippen molar-refractivity contribution in [3.05, 3.63) is 0 Å². The monoisotopic (exact) mass is 178 g/mol. The van der Waals surface area contributed by atoms with Crippen LogP contribution in [0.3, 0.4) is 0 Å². The van der Waals surface area contributed by atoms with Gasteiger partial charge in [-0.1, -0.05) is 26.7 Å². The fraction of sp³-hybridized carbons (Fsp3) is 1.00. The van der Waals surface area contributed by atoms with E-state index in [1.54, 1.807) is 0 Å². The SMILES string of the molecule is CCCCOS(=O)CCCC. The zero-order valence-electron chi connectivity index (χ0n) is 7.47. The Morgan fingerprint density at radius 2 is 1.82 bits per heavy atom. The minimum absolute atomic E-state index is 0.646. The first-order valence-corrected chi connectivity index (χ1v) is 5.57. The van der Waals surface area contributed by atoms with E-state index >= 15 is 0 Å². The molecule has 1 unspecified atom stereocenters. The van der Waals surface area contributed by atoms with Gasteiger partial charge in [-0.15, -0.1) is 0 Å². The number of hydrogen-bond acceptors (Lipinski definition) is 2. The highest BCUT2D eigenvalue weighted by Crippen LogP contribution is 1.96. The van der Waals surface area contributed by atoms with Gasteiger partial charge in [0.2, 0.25) is 0 Å². The first kappa shape index (κ1) is 11.1. The van der Waals surface area contributed by atoms with Crippen molar-refractivity contribution in [2.75, 3.05) is 12.4 Å². The molecule has 0 aromatic rings. The molecule has 0 amide bonds. The zero-order valence-corrected chi connectivity index (χ0v) is 8.28. The Kier molecular flexibility index (Phi) is 8.29. The van der Waals surface area contributed by atoms with E-state index in [0.717, 1.165) is 25.7 Å². The van der Waals surface area contributed by atoms with Crippen molar-refractivity contribution in [1.82, 2.24) is 0 Å². The molecular formula is C8H18O2S. The molecule has 0 spiro atoms. The van der Waals surface area contributed by atoms with Gasteiger partial charge in [-0.25, -0.2) is 4.21 Å². The molecule has 3 heteroatoms. The van der Waals surface area contributed by atoms with Gasteiger partial charge in [0, 0.05) is 5.75 Å². The molecule has 0 aliphatic rings. The van der Waals surface area contributed by atoms with Crippen LogP contribution >= 0.6 is 0 Å². The normalized spacial score (nSPS) is 13.3. The van der Waals surface area contributed by atoms with E-state index in [2.05, 4.69) is 13.8 Å². The second-order valence-corrected chi connectivity index (χ2v) is 3.79. The highest BCUT2D eigenvalue weighted by Gasteiger charge is 1.97. The lowest BCUT2D eigenvalue weighted by Gasteiger charge is -2.00. The predicted octanol–water partition coefficient (Wildman–Crippen LogP) is 2.27. The standard InChI is InChI=1S/C8H18O2S/c1-3-5-7-10-11(9)8-6-4-2/h3-8H2,1-2H3. The van der Waals surface area contributed by atoms with E-state index < -0.39 is 11.1 Å². The fourth-order valence-electron chi connectivity index (χ4n) is 0.617. The van der Waals surface area contributed by atoms with Gasteiger partial charge in [-0.2, -0.15) is 0 Å². The Morgan fingerprint density at radius 1 is 1.18 bits per heavy atom. The van der Waals surface area contributed by atoms with E-state index in [1.165, 1.54) is 0 Å². The zero-order chi connectivity index (χ0) is 8.53. The van der Waals surface area contributed by atoms with Gasteiger partial charge < -0.3 is 0 Å². The van der Waals surface area contributed by atoms with Crippen molar-refractivity contribution in [1.29, 1.82) is 0 Å². The quantitative estimate of drug-likeness (QED) is 0.559. The van der Waals surface area contributed by atoms with E-state index in [4.69, 9.17) is 4.18 Å². The van der Waals surface area contributed by atoms with Crippen LogP contribution < -0.4 is 0 Å². The second-order valence-electron chi connectivity index (χ2n) is 2.54. The molecular weight excluding hydrogens is 160 g/mol. The van der Waals surface area contributed by atoms with Crippen molar-refractivity contribution in [3.63, 3.8) is 0 Å². The van der Waals surface area contributed by atoms with Gasteiger partial charge in [-0.05, 0) is 12.8 Å². The molecule has 68 valence electrons. The minimum Gasteiger partial charge on any atom is -0.291 e. The van der Waals surface area contributed by atoms with Gasteiger partial charge in [0.05, 0.1) is 6.61 Å². The molecule has 1 atom stereocenters. The van der Waals surface area contributed by atoms with E-state index in [9.17, 15) is 4.21 Å². The summed E-state index contributed by atoms with van der Waals surface area (Å²) in [6.45, 7) is 4.83. The third-order valence-electron chi connectivity index (χ3n) is 1.38. The Balaban J connectivity index is 3.09. The summed E-state index contributed by atoms with van der Waals surface area (Å²) in [5.41, 5.74) is 0. The predicted molar refractivity (Wildman–Crippen MR) is 48.8 cm³/mol. The molecule has 0 heterocycles. The smallest absolute Gasteiger partial charge is 0.155 e. The first-order valence-electron chi connectivity index (χ1n) is 4.32. The number of rotatable bonds is 7. The average Bonchev–Trinajstić information content (AvgIpc) is 2.01. The van der Waals surface area contributed by atoms with Gasteiger partial charge in [0.1, 0.15) is 0 Å². The maximum atomic E-state index is 11.0. The lowest BCUT2D eigenvalue weighted by atomic mass is 10.4. The van der Waals surface area contributed by atoms with Crippen LogP contribution in [0, 0.1) is 0 Å². The Bertz CT molecular complexity index is 104. The Hall–Kier alpha value is 0.110. The molecule has 0 aliphatic heterocycles. The average molecular weight is 178 g/mol. The van der Waals surface area contributed by atoms with Crippen LogP contribution in [0.2, 0.25) is 0 Å². The highest BCUT2D eigenvalue weighted by atomic mass is 32.2. The number of unbranched alkanes of at least 4 members (excludes halogenated alkanes) is 2. The van der Waals surface area contributed by atoms with Crippen molar-refractivity contribution >= 4 is 11.1 Å². The molecule has 0 N–H and O–H groups in total. The molecule has 0 aliphatic carbocycles. The van der Waals surface area contributed by atoms with Gasteiger partial charge in [0.15, 0.2) is 11.1 Å². The summed E-state index contributed by atoms with van der Waals surface area (Å²) in [6.07, 6.45) is 4.20. The van der Waals surface area contributed by atoms with Gasteiger partial charge >= 0.3 is 0 Å². The van der Waals surface area contributed by atoms with Crippen LogP contribution in [-0.2, 0) is 15.3 Å². The molecule has 2 nitrogen and oxygen atoms in total. The molecule has 0 saturated heterocycles. The van der Waals surface area contributed by atoms with Crippen molar-refractivity contribution in [3.8, 4) is 0 Å². The second kappa shape index (κ2) is 8.21. The molecule has 0 bridgehead atoms. The molecule has 0 aromatic heterocycles. The summed E-state index contributed by atoms with van der Waals surface area (Å²) >= 11 is -1.02. The summed E-state index contributed by atoms with van der Waals surface area (Å²) in [6, 6.07) is 0. The van der Waals surface area contributed by atoms with Crippen molar-refractivity contribution in [2.24, 2.45) is 0 Å². The van der Waals surface area contributed by atoms with E-state index in [0.29, 0.717) is 12.4 Å². The van der Waals surface area contributed by atoms with Crippen molar-refractivity contribution in [2.45, 2.75) is 39.5 Å². The molecule has 0 aromatic carbocycles. The summed E-state index contributed by atoms with van der Waals surface area (Å²) in [7, 11) is 0. The van der Waals surface area contributed by atoms with Crippen molar-refractivity contribution < 1.29 is 8.39 Å². The largest absolute Gasteiger partial charge is 0.291 e. The highest BCUT2D eigenvalue weighted by molar-refractivity contribution is 7.80. The third kappa shape index (κ3) is 8.01. The van der Waals surface area contributed by atoms with Crippen LogP contribution in [0.1, 0.15) is 39.5 Å². The fourth-order valence-corrected chi connectivity index (χ4v) is 1.56. The van der Waals surface area contributed by atoms with Gasteiger partial charge in [-0.3, -0.25) is 4.18 Å². The maximum absolute atomic E-state index is 11.0. The Morgan fingerprint density at radius 3 is 2.36 bits per heavy atom. The van der Waals surface area contributed by atoms with Crippen LogP contribution in [-0.4, -0.2) is 16.6 Å². The lowest BCUT2D eigenvalue weighted by molar-refractivity contribution is 0.338. The lowest BCUT2D eigenvalue weighted by Crippen LogP contribution is -2.03. The molecule has 0 fully saturated rings. The molecule has 0 rings (SSSR count). The summed E-state index contributed by atoms with van der Waals surface area (Å²) < 4.78 is 16.0. The summed E-state index contributed by atoms with van der Waals surface area (Å²) in [5, 5.41) is 0. The van der Waals surface area contributed by atoms with Gasteiger partial charge in [0.25, 0.3) is 0 Å². The number of hydrogen-bond donors (Lipinski definition) is 0. The van der Waals surface area contributed by atoms with Crippen LogP contribution in [0.5, 0.6) is 0 Å². The van der Waals surface area contributed by atoms with Crippen LogP contribution in [0.4, 0.5) is 0 Å². The first-order chi connectivity index (χ1) is 5.31. The maximum Gasteiger partial charge on any atom is 0.155 e. The van der Waals surface area contributed by atoms with E-state index in [-0.39, 0.29) is 0 Å². The summed E-state index contributed by atoms with van der Waals surface area (Å²) in [5.74, 6) is 0.695. The molecule has 11 heavy (non-hydrogen) atoms. The topological polar surface area (TPSA) is 26.3 Å². The molecule has 0 saturated carbocycles. The summed E-state index contributed by atoms with van der Waals surface area (Å²) in [4.78, 5) is 0. The van der Waals surface area contributed by atoms with Crippen LogP contribution in [0.25, 0.3) is 0 Å². The van der Waals surface area contributed by atoms with Crippen LogP contribution in [0.15, 0.2) is 0 Å². The van der Waals surface area contributed by atoms with E-state index in [1.807, 2.05) is 0 Å². The Labute approximate surface area is 72.0 Å².